The molecule has 27 heavy (non-hydrogen) atoms. The van der Waals surface area contributed by atoms with Gasteiger partial charge in [0.1, 0.15) is 0 Å². The molecule has 0 aliphatic heterocycles. The molecular formula is C23H27NO2S. The molecule has 1 aromatic carbocycles. The number of carboxylic acid groups (broad SMARTS) is 1. The molecule has 3 nitrogen and oxygen atoms in total. The van der Waals surface area contributed by atoms with Gasteiger partial charge in [-0.25, -0.2) is 4.79 Å². The van der Waals surface area contributed by atoms with Crippen molar-refractivity contribution in [2.24, 2.45) is 16.6 Å². The highest BCUT2D eigenvalue weighted by Crippen LogP contribution is 2.47. The molecule has 4 heteroatoms. The minimum Gasteiger partial charge on any atom is -0.478 e. The number of benzene rings is 1. The molecule has 3 N–H and O–H groups in total. The van der Waals surface area contributed by atoms with Crippen molar-refractivity contribution in [2.45, 2.75) is 46.5 Å². The molecule has 2 aliphatic carbocycles. The molecule has 0 fully saturated rings. The van der Waals surface area contributed by atoms with Gasteiger partial charge in [0.15, 0.2) is 0 Å². The Morgan fingerprint density at radius 3 is 2.70 bits per heavy atom. The van der Waals surface area contributed by atoms with Gasteiger partial charge in [-0.15, -0.1) is 11.3 Å². The Morgan fingerprint density at radius 2 is 2.00 bits per heavy atom. The fraction of sp³-hybridized carbons (Fsp3) is 0.435. The van der Waals surface area contributed by atoms with Crippen LogP contribution < -0.4 is 16.2 Å². The highest BCUT2D eigenvalue weighted by molar-refractivity contribution is 7.13. The first-order chi connectivity index (χ1) is 12.8. The summed E-state index contributed by atoms with van der Waals surface area (Å²) in [5.41, 5.74) is 8.83. The second kappa shape index (κ2) is 6.32. The summed E-state index contributed by atoms with van der Waals surface area (Å²) in [4.78, 5) is 14.6. The van der Waals surface area contributed by atoms with Crippen molar-refractivity contribution in [3.63, 3.8) is 0 Å². The standard InChI is InChI=1S/C23H27NO2S/c1-22(2)10-9-17-16(12-22)18(21(25)26)20(27-17)19-15-7-5-4-6-14(15)8-11-23(19,3)13-24/h4-8H,9-13,24H2,1-3H3,(H,25,26). The zero-order valence-corrected chi connectivity index (χ0v) is 17.1. The van der Waals surface area contributed by atoms with E-state index in [1.165, 1.54) is 10.1 Å². The van der Waals surface area contributed by atoms with Gasteiger partial charge in [-0.3, -0.25) is 0 Å². The zero-order chi connectivity index (χ0) is 19.4. The van der Waals surface area contributed by atoms with Crippen molar-refractivity contribution in [3.05, 3.63) is 55.6 Å². The fourth-order valence-corrected chi connectivity index (χ4v) is 6.09. The lowest BCUT2D eigenvalue weighted by Gasteiger charge is -2.33. The van der Waals surface area contributed by atoms with Crippen LogP contribution >= 0.6 is 11.3 Å². The lowest BCUT2D eigenvalue weighted by atomic mass is 9.72. The molecule has 0 radical (unpaired) electrons. The molecule has 1 heterocycles. The van der Waals surface area contributed by atoms with Crippen molar-refractivity contribution in [2.75, 3.05) is 6.54 Å². The fourth-order valence-electron chi connectivity index (χ4n) is 4.57. The maximum absolute atomic E-state index is 12.4. The van der Waals surface area contributed by atoms with E-state index in [2.05, 4.69) is 39.0 Å². The zero-order valence-electron chi connectivity index (χ0n) is 16.3. The van der Waals surface area contributed by atoms with Gasteiger partial charge in [0.25, 0.3) is 0 Å². The number of carboxylic acids is 1. The number of hydrogen-bond acceptors (Lipinski definition) is 3. The normalized spacial score (nSPS) is 23.3. The van der Waals surface area contributed by atoms with Crippen molar-refractivity contribution in [1.29, 1.82) is 0 Å². The number of hydrogen-bond donors (Lipinski definition) is 2. The van der Waals surface area contributed by atoms with Crippen LogP contribution in [0.25, 0.3) is 11.6 Å². The first-order valence-electron chi connectivity index (χ1n) is 9.64. The first kappa shape index (κ1) is 18.5. The Labute approximate surface area is 164 Å². The molecule has 142 valence electrons. The molecular weight excluding hydrogens is 354 g/mol. The van der Waals surface area contributed by atoms with Crippen molar-refractivity contribution in [3.8, 4) is 0 Å². The van der Waals surface area contributed by atoms with Crippen LogP contribution in [0.4, 0.5) is 0 Å². The molecule has 4 rings (SSSR count). The predicted molar refractivity (Wildman–Crippen MR) is 112 cm³/mol. The number of fused-ring (bicyclic) bond motifs is 2. The predicted octanol–water partition coefficient (Wildman–Crippen LogP) is 3.31. The molecule has 2 aliphatic rings. The molecule has 1 atom stereocenters. The maximum atomic E-state index is 12.4. The summed E-state index contributed by atoms with van der Waals surface area (Å²) >= 11 is 1.69. The molecule has 0 spiro atoms. The van der Waals surface area contributed by atoms with E-state index >= 15 is 0 Å². The smallest absolute Gasteiger partial charge is 0.337 e. The summed E-state index contributed by atoms with van der Waals surface area (Å²) < 4.78 is 0. The third kappa shape index (κ3) is 2.95. The number of thiophene rings is 1. The number of carbonyl (C=O) groups is 1. The van der Waals surface area contributed by atoms with Gasteiger partial charge in [0, 0.05) is 21.7 Å². The van der Waals surface area contributed by atoms with E-state index in [0.717, 1.165) is 46.9 Å². The van der Waals surface area contributed by atoms with Crippen LogP contribution in [-0.2, 0) is 12.8 Å². The third-order valence-corrected chi connectivity index (χ3v) is 7.58. The van der Waals surface area contributed by atoms with Gasteiger partial charge in [-0.1, -0.05) is 51.1 Å². The van der Waals surface area contributed by atoms with E-state index < -0.39 is 5.97 Å². The lowest BCUT2D eigenvalue weighted by Crippen LogP contribution is -2.41. The SMILES string of the molecule is CC1(C)CCc2sc(C3=c4ccccc4=CCC3(C)CN)c(C(=O)O)c2C1. The van der Waals surface area contributed by atoms with Gasteiger partial charge in [0.2, 0.25) is 0 Å². The lowest BCUT2D eigenvalue weighted by molar-refractivity contribution is 0.0695. The van der Waals surface area contributed by atoms with Crippen LogP contribution in [-0.4, -0.2) is 17.6 Å². The van der Waals surface area contributed by atoms with Gasteiger partial charge in [0.05, 0.1) is 5.56 Å². The monoisotopic (exact) mass is 381 g/mol. The molecule has 0 amide bonds. The van der Waals surface area contributed by atoms with E-state index in [1.807, 2.05) is 12.1 Å². The Morgan fingerprint density at radius 1 is 1.26 bits per heavy atom. The van der Waals surface area contributed by atoms with Crippen LogP contribution in [0.3, 0.4) is 0 Å². The molecule has 1 unspecified atom stereocenters. The number of nitrogens with two attached hydrogens (primary N) is 1. The van der Waals surface area contributed by atoms with Gasteiger partial charge >= 0.3 is 5.97 Å². The number of aryl methyl sites for hydroxylation is 1. The van der Waals surface area contributed by atoms with Crippen molar-refractivity contribution >= 4 is 29.0 Å². The molecule has 1 aromatic heterocycles. The highest BCUT2D eigenvalue weighted by atomic mass is 32.1. The van der Waals surface area contributed by atoms with E-state index in [1.54, 1.807) is 11.3 Å². The Kier molecular flexibility index (Phi) is 4.32. The second-order valence-corrected chi connectivity index (χ2v) is 10.1. The van der Waals surface area contributed by atoms with E-state index in [4.69, 9.17) is 5.73 Å². The Hall–Kier alpha value is -1.91. The summed E-state index contributed by atoms with van der Waals surface area (Å²) in [7, 11) is 0. The van der Waals surface area contributed by atoms with Crippen molar-refractivity contribution in [1.82, 2.24) is 0 Å². The summed E-state index contributed by atoms with van der Waals surface area (Å²) in [6, 6.07) is 8.30. The van der Waals surface area contributed by atoms with E-state index in [0.29, 0.717) is 12.1 Å². The highest BCUT2D eigenvalue weighted by Gasteiger charge is 2.38. The van der Waals surface area contributed by atoms with Crippen LogP contribution in [0, 0.1) is 10.8 Å². The number of aromatic carboxylic acids is 1. The third-order valence-electron chi connectivity index (χ3n) is 6.27. The average molecular weight is 382 g/mol. The quantitative estimate of drug-likeness (QED) is 0.857. The van der Waals surface area contributed by atoms with Gasteiger partial charge < -0.3 is 10.8 Å². The molecule has 0 bridgehead atoms. The van der Waals surface area contributed by atoms with Crippen LogP contribution in [0.2, 0.25) is 0 Å². The van der Waals surface area contributed by atoms with Crippen LogP contribution in [0.5, 0.6) is 0 Å². The number of rotatable bonds is 3. The van der Waals surface area contributed by atoms with Crippen molar-refractivity contribution < 1.29 is 9.90 Å². The van der Waals surface area contributed by atoms with E-state index in [9.17, 15) is 9.90 Å². The van der Waals surface area contributed by atoms with Crippen LogP contribution in [0.15, 0.2) is 24.3 Å². The summed E-state index contributed by atoms with van der Waals surface area (Å²) in [6.07, 6.45) is 5.98. The van der Waals surface area contributed by atoms with Gasteiger partial charge in [-0.2, -0.15) is 0 Å². The second-order valence-electron chi connectivity index (χ2n) is 8.99. The Bertz CT molecular complexity index is 1050. The molecule has 2 aromatic rings. The maximum Gasteiger partial charge on any atom is 0.337 e. The minimum atomic E-state index is -0.806. The molecule has 0 saturated heterocycles. The van der Waals surface area contributed by atoms with E-state index in [-0.39, 0.29) is 10.8 Å². The summed E-state index contributed by atoms with van der Waals surface area (Å²) in [6.45, 7) is 7.14. The Balaban J connectivity index is 2.08. The van der Waals surface area contributed by atoms with Gasteiger partial charge in [-0.05, 0) is 52.7 Å². The topological polar surface area (TPSA) is 63.3 Å². The minimum absolute atomic E-state index is 0.148. The summed E-state index contributed by atoms with van der Waals surface area (Å²) in [5, 5.41) is 12.5. The molecule has 0 saturated carbocycles. The summed E-state index contributed by atoms with van der Waals surface area (Å²) in [5.74, 6) is -0.806. The first-order valence-corrected chi connectivity index (χ1v) is 10.5. The average Bonchev–Trinajstić information content (AvgIpc) is 2.98. The largest absolute Gasteiger partial charge is 0.478 e. The van der Waals surface area contributed by atoms with Crippen LogP contribution in [0.1, 0.15) is 59.3 Å².